The molecule has 1 rings (SSSR count). The normalized spacial score (nSPS) is 21.0. The van der Waals surface area contributed by atoms with Gasteiger partial charge in [-0.1, -0.05) is 27.2 Å². The van der Waals surface area contributed by atoms with Crippen molar-refractivity contribution in [2.45, 2.75) is 58.5 Å². The summed E-state index contributed by atoms with van der Waals surface area (Å²) in [4.78, 5) is 10.9. The van der Waals surface area contributed by atoms with Gasteiger partial charge in [0.05, 0.1) is 5.54 Å². The Morgan fingerprint density at radius 1 is 1.31 bits per heavy atom. The highest BCUT2D eigenvalue weighted by atomic mass is 16.4. The predicted octanol–water partition coefficient (Wildman–Crippen LogP) is 2.20. The second-order valence-electron chi connectivity index (χ2n) is 6.02. The van der Waals surface area contributed by atoms with Gasteiger partial charge in [0.25, 0.3) is 0 Å². The monoisotopic (exact) mass is 228 g/mol. The first-order chi connectivity index (χ1) is 7.24. The Bertz CT molecular complexity index is 256. The fraction of sp³-hybridized carbons (Fsp3) is 0.917. The second kappa shape index (κ2) is 4.62. The van der Waals surface area contributed by atoms with Gasteiger partial charge in [0.2, 0.25) is 0 Å². The van der Waals surface area contributed by atoms with Crippen molar-refractivity contribution in [3.8, 4) is 0 Å². The van der Waals surface area contributed by atoms with Crippen molar-refractivity contribution in [3.05, 3.63) is 0 Å². The molecule has 0 radical (unpaired) electrons. The molecule has 4 nitrogen and oxygen atoms in total. The molecule has 1 atom stereocenters. The van der Waals surface area contributed by atoms with Gasteiger partial charge in [-0.05, 0) is 25.2 Å². The van der Waals surface area contributed by atoms with E-state index in [-0.39, 0.29) is 5.41 Å². The molecule has 1 amide bonds. The van der Waals surface area contributed by atoms with E-state index in [1.807, 2.05) is 6.92 Å². The minimum atomic E-state index is -0.951. The van der Waals surface area contributed by atoms with Crippen molar-refractivity contribution in [1.82, 2.24) is 10.6 Å². The van der Waals surface area contributed by atoms with E-state index in [1.54, 1.807) is 0 Å². The Kier molecular flexibility index (Phi) is 3.84. The third-order valence-electron chi connectivity index (χ3n) is 3.89. The van der Waals surface area contributed by atoms with Crippen LogP contribution in [0.4, 0.5) is 4.79 Å². The molecule has 0 bridgehead atoms. The van der Waals surface area contributed by atoms with Crippen LogP contribution in [0.3, 0.4) is 0 Å². The smallest absolute Gasteiger partial charge is 0.405 e. The lowest BCUT2D eigenvalue weighted by Crippen LogP contribution is -2.61. The van der Waals surface area contributed by atoms with E-state index >= 15 is 0 Å². The highest BCUT2D eigenvalue weighted by Crippen LogP contribution is 2.30. The molecule has 3 N–H and O–H groups in total. The molecule has 0 aromatic carbocycles. The topological polar surface area (TPSA) is 61.4 Å². The summed E-state index contributed by atoms with van der Waals surface area (Å²) in [6.45, 7) is 8.84. The minimum absolute atomic E-state index is 0.109. The summed E-state index contributed by atoms with van der Waals surface area (Å²) in [5.74, 6) is 0. The van der Waals surface area contributed by atoms with Crippen LogP contribution >= 0.6 is 0 Å². The van der Waals surface area contributed by atoms with E-state index in [9.17, 15) is 4.79 Å². The summed E-state index contributed by atoms with van der Waals surface area (Å²) in [5.41, 5.74) is -0.545. The second-order valence-corrected chi connectivity index (χ2v) is 6.02. The summed E-state index contributed by atoms with van der Waals surface area (Å²) in [5, 5.41) is 15.0. The molecule has 0 aliphatic heterocycles. The maximum Gasteiger partial charge on any atom is 0.405 e. The molecular weight excluding hydrogens is 204 g/mol. The quantitative estimate of drug-likeness (QED) is 0.691. The molecule has 1 fully saturated rings. The number of carbonyl (C=O) groups is 1. The summed E-state index contributed by atoms with van der Waals surface area (Å²) >= 11 is 0. The standard InChI is InChI=1S/C12H24N2O2/c1-11(2,3)12(4,14-10(15)16)8-13-9-6-5-7-9/h9,13-14H,5-8H2,1-4H3,(H,15,16). The summed E-state index contributed by atoms with van der Waals surface area (Å²) in [6.07, 6.45) is 2.77. The van der Waals surface area contributed by atoms with Gasteiger partial charge < -0.3 is 15.7 Å². The number of hydrogen-bond donors (Lipinski definition) is 3. The van der Waals surface area contributed by atoms with Gasteiger partial charge in [0.15, 0.2) is 0 Å². The van der Waals surface area contributed by atoms with Crippen LogP contribution in [0.1, 0.15) is 47.0 Å². The lowest BCUT2D eigenvalue weighted by Gasteiger charge is -2.43. The molecule has 0 spiro atoms. The van der Waals surface area contributed by atoms with Crippen molar-refractivity contribution in [1.29, 1.82) is 0 Å². The van der Waals surface area contributed by atoms with Gasteiger partial charge in [-0.25, -0.2) is 4.79 Å². The molecule has 16 heavy (non-hydrogen) atoms. The zero-order chi connectivity index (χ0) is 12.4. The molecule has 0 aromatic heterocycles. The molecule has 1 aliphatic carbocycles. The number of nitrogens with one attached hydrogen (secondary N) is 2. The lowest BCUT2D eigenvalue weighted by atomic mass is 9.74. The third-order valence-corrected chi connectivity index (χ3v) is 3.89. The molecule has 0 aromatic rings. The van der Waals surface area contributed by atoms with E-state index in [1.165, 1.54) is 19.3 Å². The Morgan fingerprint density at radius 3 is 2.19 bits per heavy atom. The molecule has 1 saturated carbocycles. The van der Waals surface area contributed by atoms with Crippen molar-refractivity contribution in [3.63, 3.8) is 0 Å². The lowest BCUT2D eigenvalue weighted by molar-refractivity contribution is 0.122. The average Bonchev–Trinajstić information content (AvgIpc) is 1.97. The van der Waals surface area contributed by atoms with Gasteiger partial charge >= 0.3 is 6.09 Å². The summed E-state index contributed by atoms with van der Waals surface area (Å²) < 4.78 is 0. The van der Waals surface area contributed by atoms with E-state index in [0.717, 1.165) is 0 Å². The average molecular weight is 228 g/mol. The number of hydrogen-bond acceptors (Lipinski definition) is 2. The van der Waals surface area contributed by atoms with Crippen LogP contribution in [0.2, 0.25) is 0 Å². The largest absolute Gasteiger partial charge is 0.465 e. The Morgan fingerprint density at radius 2 is 1.88 bits per heavy atom. The van der Waals surface area contributed by atoms with Crippen LogP contribution in [-0.4, -0.2) is 29.3 Å². The van der Waals surface area contributed by atoms with Crippen LogP contribution in [0.25, 0.3) is 0 Å². The predicted molar refractivity (Wildman–Crippen MR) is 64.7 cm³/mol. The summed E-state index contributed by atoms with van der Waals surface area (Å²) in [6, 6.07) is 0.581. The fourth-order valence-electron chi connectivity index (χ4n) is 1.69. The molecule has 0 heterocycles. The van der Waals surface area contributed by atoms with Crippen LogP contribution in [0.5, 0.6) is 0 Å². The van der Waals surface area contributed by atoms with Crippen LogP contribution in [-0.2, 0) is 0 Å². The van der Waals surface area contributed by atoms with Crippen molar-refractivity contribution < 1.29 is 9.90 Å². The first kappa shape index (κ1) is 13.3. The molecule has 0 saturated heterocycles. The van der Waals surface area contributed by atoms with Crippen molar-refractivity contribution >= 4 is 6.09 Å². The molecule has 1 unspecified atom stereocenters. The highest BCUT2D eigenvalue weighted by Gasteiger charge is 2.39. The van der Waals surface area contributed by atoms with Gasteiger partial charge in [-0.2, -0.15) is 0 Å². The van der Waals surface area contributed by atoms with Crippen molar-refractivity contribution in [2.24, 2.45) is 5.41 Å². The molecular formula is C12H24N2O2. The molecule has 4 heteroatoms. The first-order valence-corrected chi connectivity index (χ1v) is 5.99. The zero-order valence-corrected chi connectivity index (χ0v) is 10.8. The Labute approximate surface area is 97.8 Å². The van der Waals surface area contributed by atoms with Gasteiger partial charge in [-0.15, -0.1) is 0 Å². The van der Waals surface area contributed by atoms with Gasteiger partial charge in [-0.3, -0.25) is 0 Å². The molecule has 1 aliphatic rings. The number of rotatable bonds is 4. The summed E-state index contributed by atoms with van der Waals surface area (Å²) in [7, 11) is 0. The number of carboxylic acid groups (broad SMARTS) is 1. The van der Waals surface area contributed by atoms with E-state index < -0.39 is 11.6 Å². The third kappa shape index (κ3) is 3.11. The number of amides is 1. The van der Waals surface area contributed by atoms with Gasteiger partial charge in [0.1, 0.15) is 0 Å². The first-order valence-electron chi connectivity index (χ1n) is 5.99. The van der Waals surface area contributed by atoms with Crippen LogP contribution < -0.4 is 10.6 Å². The van der Waals surface area contributed by atoms with Crippen molar-refractivity contribution in [2.75, 3.05) is 6.54 Å². The van der Waals surface area contributed by atoms with Gasteiger partial charge in [0, 0.05) is 12.6 Å². The van der Waals surface area contributed by atoms with E-state index in [0.29, 0.717) is 12.6 Å². The van der Waals surface area contributed by atoms with Crippen LogP contribution in [0, 0.1) is 5.41 Å². The Balaban J connectivity index is 2.58. The SMILES string of the molecule is CC(C)(C)C(C)(CNC1CCC1)NC(=O)O. The molecule has 94 valence electrons. The maximum atomic E-state index is 10.9. The fourth-order valence-corrected chi connectivity index (χ4v) is 1.69. The maximum absolute atomic E-state index is 10.9. The Hall–Kier alpha value is -0.770. The van der Waals surface area contributed by atoms with Crippen LogP contribution in [0.15, 0.2) is 0 Å². The highest BCUT2D eigenvalue weighted by molar-refractivity contribution is 5.65. The minimum Gasteiger partial charge on any atom is -0.465 e. The van der Waals surface area contributed by atoms with E-state index in [2.05, 4.69) is 31.4 Å². The van der Waals surface area contributed by atoms with E-state index in [4.69, 9.17) is 5.11 Å². The zero-order valence-electron chi connectivity index (χ0n) is 10.8.